The van der Waals surface area contributed by atoms with Crippen molar-refractivity contribution in [3.05, 3.63) is 53.0 Å². The molecule has 2 fully saturated rings. The van der Waals surface area contributed by atoms with Gasteiger partial charge in [0, 0.05) is 29.5 Å². The molecule has 1 aliphatic heterocycles. The van der Waals surface area contributed by atoms with Crippen LogP contribution >= 0.6 is 11.8 Å². The lowest BCUT2D eigenvalue weighted by Crippen LogP contribution is -2.50. The van der Waals surface area contributed by atoms with Crippen molar-refractivity contribution in [2.24, 2.45) is 22.7 Å². The summed E-state index contributed by atoms with van der Waals surface area (Å²) in [5.74, 6) is 1.15. The molecule has 0 bridgehead atoms. The van der Waals surface area contributed by atoms with E-state index in [2.05, 4.69) is 91.6 Å². The highest BCUT2D eigenvalue weighted by Crippen LogP contribution is 2.49. The molecule has 1 saturated carbocycles. The normalized spacial score (nSPS) is 25.9. The molecule has 250 valence electrons. The van der Waals surface area contributed by atoms with Crippen LogP contribution in [0, 0.1) is 22.7 Å². The first-order valence-corrected chi connectivity index (χ1v) is 17.9. The molecule has 1 heterocycles. The Morgan fingerprint density at radius 3 is 2.32 bits per heavy atom. The molecule has 1 aromatic carbocycles. The van der Waals surface area contributed by atoms with Crippen LogP contribution < -0.4 is 5.32 Å². The van der Waals surface area contributed by atoms with E-state index in [4.69, 9.17) is 5.11 Å². The monoisotopic (exact) mass is 628 g/mol. The largest absolute Gasteiger partial charge is 0.391 e. The summed E-state index contributed by atoms with van der Waals surface area (Å²) in [6.45, 7) is 24.2. The molecule has 6 heteroatoms. The van der Waals surface area contributed by atoms with E-state index in [1.807, 2.05) is 17.2 Å². The van der Waals surface area contributed by atoms with Gasteiger partial charge in [-0.2, -0.15) is 0 Å². The molecule has 1 amide bonds. The second-order valence-electron chi connectivity index (χ2n) is 15.0. The second-order valence-corrected chi connectivity index (χ2v) is 15.9. The van der Waals surface area contributed by atoms with Crippen LogP contribution in [0.15, 0.2) is 41.8 Å². The highest BCUT2D eigenvalue weighted by Gasteiger charge is 2.49. The summed E-state index contributed by atoms with van der Waals surface area (Å²) >= 11 is 1.65. The molecular formula is C38H64N2O3S. The van der Waals surface area contributed by atoms with Gasteiger partial charge in [-0.05, 0) is 79.7 Å². The number of β-amino-alcohol motifs (C(OH)–C–C–N with tert-alkyl or cyclic N) is 1. The molecule has 5 nitrogen and oxygen atoms in total. The van der Waals surface area contributed by atoms with E-state index in [1.165, 1.54) is 53.7 Å². The maximum absolute atomic E-state index is 13.8. The number of likely N-dealkylation sites (tertiary alicyclic amines) is 1. The highest BCUT2D eigenvalue weighted by atomic mass is 32.2. The first-order valence-electron chi connectivity index (χ1n) is 17.1. The van der Waals surface area contributed by atoms with E-state index in [-0.39, 0.29) is 41.7 Å². The van der Waals surface area contributed by atoms with E-state index >= 15 is 0 Å². The summed E-state index contributed by atoms with van der Waals surface area (Å²) < 4.78 is 0. The number of thioether (sulfide) groups is 1. The zero-order valence-corrected chi connectivity index (χ0v) is 30.2. The Balaban J connectivity index is 0.000000329. The van der Waals surface area contributed by atoms with Gasteiger partial charge in [-0.25, -0.2) is 0 Å². The fourth-order valence-corrected chi connectivity index (χ4v) is 8.27. The van der Waals surface area contributed by atoms with Crippen LogP contribution in [0.5, 0.6) is 0 Å². The van der Waals surface area contributed by atoms with Gasteiger partial charge in [0.05, 0.1) is 12.8 Å². The van der Waals surface area contributed by atoms with Gasteiger partial charge in [-0.1, -0.05) is 122 Å². The van der Waals surface area contributed by atoms with Gasteiger partial charge in [0.25, 0.3) is 0 Å². The number of nitrogens with zero attached hydrogens (tertiary/aromatic N) is 1. The van der Waals surface area contributed by atoms with Gasteiger partial charge in [-0.15, -0.1) is 0 Å². The van der Waals surface area contributed by atoms with Crippen molar-refractivity contribution in [1.29, 1.82) is 0 Å². The minimum absolute atomic E-state index is 0.00550. The van der Waals surface area contributed by atoms with Crippen molar-refractivity contribution in [3.63, 3.8) is 0 Å². The molecule has 44 heavy (non-hydrogen) atoms. The standard InChI is InChI=1S/C23H43NO2.C15H21NOS/c1-7-18-15-19(25)16-24(18)21(26)20(22(3,4)5)23(6)13-9-8-11-17(2)12-10-14-23;1-5-18-15(11(2)3)14-8-6-13(7-9-14)12(4)16-10-17/h17-20,25H,7-16H2,1-6H3;5-9,12,16-17H,1,10H2,2-4H3/t17?,18-,19-,20?,23?;12-/m10/s1. The van der Waals surface area contributed by atoms with Crippen LogP contribution in [0.3, 0.4) is 0 Å². The van der Waals surface area contributed by atoms with Gasteiger partial charge in [-0.3, -0.25) is 10.1 Å². The van der Waals surface area contributed by atoms with Crippen LogP contribution in [-0.4, -0.2) is 46.4 Å². The van der Waals surface area contributed by atoms with Gasteiger partial charge in [0.15, 0.2) is 0 Å². The van der Waals surface area contributed by atoms with Gasteiger partial charge >= 0.3 is 0 Å². The third-order valence-corrected chi connectivity index (χ3v) is 10.9. The summed E-state index contributed by atoms with van der Waals surface area (Å²) in [4.78, 5) is 17.1. The summed E-state index contributed by atoms with van der Waals surface area (Å²) in [7, 11) is 0. The van der Waals surface area contributed by atoms with Crippen molar-refractivity contribution in [2.45, 2.75) is 138 Å². The average Bonchev–Trinajstić information content (AvgIpc) is 3.37. The Hall–Kier alpha value is -1.60. The van der Waals surface area contributed by atoms with Gasteiger partial charge in [0.2, 0.25) is 5.91 Å². The third kappa shape index (κ3) is 11.0. The maximum Gasteiger partial charge on any atom is 0.227 e. The minimum atomic E-state index is -0.348. The second kappa shape index (κ2) is 17.9. The molecule has 3 N–H and O–H groups in total. The summed E-state index contributed by atoms with van der Waals surface area (Å²) in [6.07, 6.45) is 10.0. The molecule has 0 aromatic heterocycles. The van der Waals surface area contributed by atoms with E-state index < -0.39 is 0 Å². The van der Waals surface area contributed by atoms with E-state index in [0.29, 0.717) is 12.5 Å². The molecule has 1 saturated heterocycles. The molecule has 0 spiro atoms. The van der Waals surface area contributed by atoms with E-state index in [9.17, 15) is 9.90 Å². The van der Waals surface area contributed by atoms with Crippen LogP contribution in [0.25, 0.3) is 4.91 Å². The molecule has 1 aromatic rings. The highest BCUT2D eigenvalue weighted by molar-refractivity contribution is 8.10. The number of carbonyl (C=O) groups is 1. The number of benzene rings is 1. The fraction of sp³-hybridized carbons (Fsp3) is 0.711. The zero-order chi connectivity index (χ0) is 33.1. The van der Waals surface area contributed by atoms with Crippen molar-refractivity contribution in [3.8, 4) is 0 Å². The number of hydrogen-bond acceptors (Lipinski definition) is 5. The molecule has 3 rings (SSSR count). The van der Waals surface area contributed by atoms with Crippen LogP contribution in [0.4, 0.5) is 0 Å². The lowest BCUT2D eigenvalue weighted by Gasteiger charge is -2.46. The molecule has 0 radical (unpaired) electrons. The Bertz CT molecular complexity index is 1060. The predicted molar refractivity (Wildman–Crippen MR) is 190 cm³/mol. The molecule has 2 aliphatic rings. The molecule has 3 unspecified atom stereocenters. The van der Waals surface area contributed by atoms with Crippen molar-refractivity contribution < 1.29 is 15.0 Å². The summed E-state index contributed by atoms with van der Waals surface area (Å²) in [6, 6.07) is 8.78. The average molecular weight is 629 g/mol. The Morgan fingerprint density at radius 2 is 1.77 bits per heavy atom. The summed E-state index contributed by atoms with van der Waals surface area (Å²) in [5, 5.41) is 23.8. The Kier molecular flexibility index (Phi) is 15.7. The van der Waals surface area contributed by atoms with Gasteiger partial charge in [0.1, 0.15) is 0 Å². The number of hydrogen-bond donors (Lipinski definition) is 3. The predicted octanol–water partition coefficient (Wildman–Crippen LogP) is 9.32. The quantitative estimate of drug-likeness (QED) is 0.238. The first kappa shape index (κ1) is 38.6. The molecule has 6 atom stereocenters. The fourth-order valence-electron chi connectivity index (χ4n) is 7.60. The van der Waals surface area contributed by atoms with Crippen molar-refractivity contribution in [2.75, 3.05) is 13.3 Å². The van der Waals surface area contributed by atoms with Crippen LogP contribution in [-0.2, 0) is 4.79 Å². The lowest BCUT2D eigenvalue weighted by molar-refractivity contribution is -0.147. The number of aliphatic hydroxyl groups excluding tert-OH is 2. The number of rotatable bonds is 9. The van der Waals surface area contributed by atoms with E-state index in [0.717, 1.165) is 31.6 Å². The number of amides is 1. The lowest BCUT2D eigenvalue weighted by atomic mass is 9.60. The summed E-state index contributed by atoms with van der Waals surface area (Å²) in [5.41, 5.74) is 3.67. The minimum Gasteiger partial charge on any atom is -0.391 e. The number of aliphatic hydroxyl groups is 2. The Labute approximate surface area is 274 Å². The third-order valence-electron chi connectivity index (χ3n) is 9.82. The topological polar surface area (TPSA) is 72.8 Å². The number of nitrogens with one attached hydrogen (secondary N) is 1. The Morgan fingerprint density at radius 1 is 1.16 bits per heavy atom. The van der Waals surface area contributed by atoms with Crippen LogP contribution in [0.2, 0.25) is 0 Å². The first-order chi connectivity index (χ1) is 20.7. The molecular weight excluding hydrogens is 564 g/mol. The van der Waals surface area contributed by atoms with Gasteiger partial charge < -0.3 is 15.1 Å². The number of carbonyl (C=O) groups excluding carboxylic acids is 1. The van der Waals surface area contributed by atoms with Crippen molar-refractivity contribution in [1.82, 2.24) is 10.2 Å². The zero-order valence-electron chi connectivity index (χ0n) is 29.4. The van der Waals surface area contributed by atoms with Crippen molar-refractivity contribution >= 4 is 22.6 Å². The van der Waals surface area contributed by atoms with E-state index in [1.54, 1.807) is 11.8 Å². The van der Waals surface area contributed by atoms with Crippen LogP contribution in [0.1, 0.15) is 137 Å². The maximum atomic E-state index is 13.8. The SMILES string of the molecule is C=CSC(=C(C)C)c1ccc([C@H](C)NCO)cc1.CC[C@@H]1C[C@@H](O)CN1C(=O)C(C(C)(C)C)C1(C)CCCCC(C)CCC1. The number of allylic oxidation sites excluding steroid dienone is 1. The smallest absolute Gasteiger partial charge is 0.227 e. The molecule has 1 aliphatic carbocycles.